The van der Waals surface area contributed by atoms with E-state index in [4.69, 9.17) is 0 Å². The largest absolute Gasteiger partial charge is 0.0922 e. The Labute approximate surface area is 79.9 Å². The van der Waals surface area contributed by atoms with Gasteiger partial charge in [0.25, 0.3) is 0 Å². The Balaban J connectivity index is 2.45. The quantitative estimate of drug-likeness (QED) is 0.514. The molecule has 0 spiro atoms. The average molecular weight is 235 g/mol. The Morgan fingerprint density at radius 2 is 1.82 bits per heavy atom. The predicted octanol–water partition coefficient (Wildman–Crippen LogP) is 3.89. The van der Waals surface area contributed by atoms with Crippen LogP contribution < -0.4 is 0 Å². The second-order valence-corrected chi connectivity index (χ2v) is 11.3. The van der Waals surface area contributed by atoms with Crippen LogP contribution >= 0.6 is 15.9 Å². The average Bonchev–Trinajstić information content (AvgIpc) is 1.77. The summed E-state index contributed by atoms with van der Waals surface area (Å²) >= 11 is 3.66. The van der Waals surface area contributed by atoms with Crippen molar-refractivity contribution in [2.75, 3.05) is 5.33 Å². The van der Waals surface area contributed by atoms with Crippen molar-refractivity contribution < 1.29 is 0 Å². The summed E-state index contributed by atoms with van der Waals surface area (Å²) in [6, 6.07) is 1.52. The Kier molecular flexibility index (Phi) is 2.86. The molecular formula is C9H19BrSi. The van der Waals surface area contributed by atoms with Gasteiger partial charge in [-0.2, -0.15) is 0 Å². The summed E-state index contributed by atoms with van der Waals surface area (Å²) in [7, 11) is -0.813. The first-order chi connectivity index (χ1) is 4.97. The number of alkyl halides is 1. The molecule has 0 amide bonds. The molecule has 0 aliphatic heterocycles. The molecule has 0 nitrogen and oxygen atoms in total. The van der Waals surface area contributed by atoms with Crippen molar-refractivity contribution in [3.05, 3.63) is 0 Å². The van der Waals surface area contributed by atoms with Gasteiger partial charge in [-0.25, -0.2) is 0 Å². The van der Waals surface area contributed by atoms with Crippen LogP contribution in [0.5, 0.6) is 0 Å². The number of hydrogen-bond donors (Lipinski definition) is 0. The van der Waals surface area contributed by atoms with Crippen LogP contribution in [0.3, 0.4) is 0 Å². The number of rotatable bonds is 3. The van der Waals surface area contributed by atoms with Crippen LogP contribution in [0.15, 0.2) is 0 Å². The molecule has 2 heteroatoms. The van der Waals surface area contributed by atoms with Crippen molar-refractivity contribution in [3.63, 3.8) is 0 Å². The van der Waals surface area contributed by atoms with Gasteiger partial charge in [0.05, 0.1) is 0 Å². The second kappa shape index (κ2) is 3.21. The molecule has 1 aliphatic rings. The lowest BCUT2D eigenvalue weighted by atomic mass is 9.72. The van der Waals surface area contributed by atoms with E-state index in [0.29, 0.717) is 0 Å². The Morgan fingerprint density at radius 3 is 1.91 bits per heavy atom. The molecule has 0 radical (unpaired) electrons. The summed E-state index contributed by atoms with van der Waals surface area (Å²) < 4.78 is 0. The highest BCUT2D eigenvalue weighted by Crippen LogP contribution is 2.48. The van der Waals surface area contributed by atoms with Gasteiger partial charge in [0.1, 0.15) is 0 Å². The predicted molar refractivity (Wildman–Crippen MR) is 58.2 cm³/mol. The highest BCUT2D eigenvalue weighted by molar-refractivity contribution is 9.09. The zero-order valence-corrected chi connectivity index (χ0v) is 10.5. The monoisotopic (exact) mass is 234 g/mol. The molecular weight excluding hydrogens is 216 g/mol. The number of hydrogen-bond acceptors (Lipinski definition) is 0. The van der Waals surface area contributed by atoms with E-state index in [0.717, 1.165) is 5.41 Å². The molecule has 0 unspecified atom stereocenters. The lowest BCUT2D eigenvalue weighted by Crippen LogP contribution is -2.38. The Hall–Kier alpha value is 0.697. The first kappa shape index (κ1) is 9.78. The smallest absolute Gasteiger partial charge is 0.0448 e. The van der Waals surface area contributed by atoms with Crippen molar-refractivity contribution in [2.45, 2.75) is 44.9 Å². The molecule has 1 aliphatic carbocycles. The molecule has 66 valence electrons. The van der Waals surface area contributed by atoms with Crippen molar-refractivity contribution in [1.29, 1.82) is 0 Å². The molecule has 0 heterocycles. The Bertz CT molecular complexity index is 127. The van der Waals surface area contributed by atoms with Crippen LogP contribution in [-0.2, 0) is 0 Å². The van der Waals surface area contributed by atoms with E-state index in [1.807, 2.05) is 0 Å². The van der Waals surface area contributed by atoms with Gasteiger partial charge in [0.2, 0.25) is 0 Å². The van der Waals surface area contributed by atoms with E-state index in [2.05, 4.69) is 35.6 Å². The third kappa shape index (κ3) is 2.58. The van der Waals surface area contributed by atoms with Crippen molar-refractivity contribution in [3.8, 4) is 0 Å². The van der Waals surface area contributed by atoms with E-state index >= 15 is 0 Å². The lowest BCUT2D eigenvalue weighted by Gasteiger charge is -2.44. The molecule has 1 rings (SSSR count). The van der Waals surface area contributed by atoms with Gasteiger partial charge in [-0.1, -0.05) is 48.0 Å². The highest BCUT2D eigenvalue weighted by atomic mass is 79.9. The fraction of sp³-hybridized carbons (Fsp3) is 1.00. The highest BCUT2D eigenvalue weighted by Gasteiger charge is 2.39. The first-order valence-corrected chi connectivity index (χ1v) is 9.36. The topological polar surface area (TPSA) is 0 Å². The standard InChI is InChI=1S/C9H19BrSi/c1-11(2,3)8-9(7-10)5-4-6-9/h4-8H2,1-3H3. The summed E-state index contributed by atoms with van der Waals surface area (Å²) in [6.45, 7) is 7.45. The minimum atomic E-state index is -0.813. The summed E-state index contributed by atoms with van der Waals surface area (Å²) in [5.74, 6) is 0. The van der Waals surface area contributed by atoms with E-state index in [9.17, 15) is 0 Å². The third-order valence-corrected chi connectivity index (χ3v) is 5.60. The normalized spacial score (nSPS) is 22.9. The molecule has 1 saturated carbocycles. The zero-order chi connectivity index (χ0) is 8.54. The van der Waals surface area contributed by atoms with Gasteiger partial charge in [0, 0.05) is 13.4 Å². The third-order valence-electron chi connectivity index (χ3n) is 2.60. The zero-order valence-electron chi connectivity index (χ0n) is 7.91. The van der Waals surface area contributed by atoms with Crippen LogP contribution in [-0.4, -0.2) is 13.4 Å². The van der Waals surface area contributed by atoms with E-state index in [1.165, 1.54) is 30.6 Å². The fourth-order valence-electron chi connectivity index (χ4n) is 2.16. The van der Waals surface area contributed by atoms with Crippen LogP contribution in [0, 0.1) is 5.41 Å². The molecule has 0 atom stereocenters. The molecule has 0 bridgehead atoms. The molecule has 0 aromatic carbocycles. The second-order valence-electron chi connectivity index (χ2n) is 5.22. The molecule has 0 N–H and O–H groups in total. The van der Waals surface area contributed by atoms with Gasteiger partial charge < -0.3 is 0 Å². The maximum absolute atomic E-state index is 3.66. The van der Waals surface area contributed by atoms with Gasteiger partial charge >= 0.3 is 0 Å². The van der Waals surface area contributed by atoms with Crippen molar-refractivity contribution in [2.24, 2.45) is 5.41 Å². The molecule has 0 aromatic rings. The van der Waals surface area contributed by atoms with E-state index in [1.54, 1.807) is 0 Å². The van der Waals surface area contributed by atoms with E-state index in [-0.39, 0.29) is 0 Å². The summed E-state index contributed by atoms with van der Waals surface area (Å²) in [5.41, 5.74) is 0.727. The summed E-state index contributed by atoms with van der Waals surface area (Å²) in [5, 5.41) is 1.24. The van der Waals surface area contributed by atoms with Gasteiger partial charge in [0.15, 0.2) is 0 Å². The van der Waals surface area contributed by atoms with Crippen molar-refractivity contribution in [1.82, 2.24) is 0 Å². The molecule has 1 fully saturated rings. The molecule has 11 heavy (non-hydrogen) atoms. The molecule has 0 aromatic heterocycles. The fourth-order valence-corrected chi connectivity index (χ4v) is 6.01. The number of halogens is 1. The van der Waals surface area contributed by atoms with Gasteiger partial charge in [-0.3, -0.25) is 0 Å². The summed E-state index contributed by atoms with van der Waals surface area (Å²) in [6.07, 6.45) is 4.42. The van der Waals surface area contributed by atoms with Gasteiger partial charge in [-0.05, 0) is 18.3 Å². The van der Waals surface area contributed by atoms with Crippen LogP contribution in [0.2, 0.25) is 25.7 Å². The minimum Gasteiger partial charge on any atom is -0.0922 e. The van der Waals surface area contributed by atoms with E-state index < -0.39 is 8.07 Å². The van der Waals surface area contributed by atoms with Gasteiger partial charge in [-0.15, -0.1) is 0 Å². The lowest BCUT2D eigenvalue weighted by molar-refractivity contribution is 0.197. The van der Waals surface area contributed by atoms with Crippen LogP contribution in [0.25, 0.3) is 0 Å². The maximum Gasteiger partial charge on any atom is 0.0448 e. The van der Waals surface area contributed by atoms with Crippen LogP contribution in [0.4, 0.5) is 0 Å². The minimum absolute atomic E-state index is 0.727. The maximum atomic E-state index is 3.66. The summed E-state index contributed by atoms with van der Waals surface area (Å²) in [4.78, 5) is 0. The molecule has 0 saturated heterocycles. The SMILES string of the molecule is C[Si](C)(C)CC1(CBr)CCC1. The van der Waals surface area contributed by atoms with Crippen molar-refractivity contribution >= 4 is 24.0 Å². The Morgan fingerprint density at radius 1 is 1.27 bits per heavy atom. The van der Waals surface area contributed by atoms with Crippen LogP contribution in [0.1, 0.15) is 19.3 Å². The first-order valence-electron chi connectivity index (χ1n) is 4.54.